The first-order valence-electron chi connectivity index (χ1n) is 6.57. The van der Waals surface area contributed by atoms with E-state index in [0.29, 0.717) is 13.0 Å². The lowest BCUT2D eigenvalue weighted by Crippen LogP contribution is -2.09. The maximum atomic E-state index is 9.11. The molecule has 0 spiro atoms. The highest BCUT2D eigenvalue weighted by Crippen LogP contribution is 2.24. The fraction of sp³-hybridized carbons (Fsp3) is 0.125. The summed E-state index contributed by atoms with van der Waals surface area (Å²) in [5.74, 6) is 0. The summed E-state index contributed by atoms with van der Waals surface area (Å²) >= 11 is 4.87. The number of nitriles is 2. The van der Waals surface area contributed by atoms with Crippen molar-refractivity contribution in [2.45, 2.75) is 13.0 Å². The van der Waals surface area contributed by atoms with Gasteiger partial charge in [-0.3, -0.25) is 4.68 Å². The Labute approximate surface area is 133 Å². The van der Waals surface area contributed by atoms with Crippen LogP contribution in [0.5, 0.6) is 0 Å². The van der Waals surface area contributed by atoms with E-state index in [0.717, 1.165) is 16.8 Å². The number of thiocarbonyl (C=S) groups is 1. The molecular formula is C16H13N5S. The van der Waals surface area contributed by atoms with E-state index in [1.165, 1.54) is 0 Å². The summed E-state index contributed by atoms with van der Waals surface area (Å²) in [5, 5.41) is 22.3. The van der Waals surface area contributed by atoms with Crippen molar-refractivity contribution in [3.8, 4) is 23.4 Å². The van der Waals surface area contributed by atoms with Gasteiger partial charge in [0.25, 0.3) is 0 Å². The largest absolute Gasteiger partial charge is 0.389 e. The van der Waals surface area contributed by atoms with Crippen molar-refractivity contribution in [1.29, 1.82) is 10.5 Å². The predicted octanol–water partition coefficient (Wildman–Crippen LogP) is 2.66. The van der Waals surface area contributed by atoms with Crippen LogP contribution in [0.2, 0.25) is 0 Å². The fourth-order valence-corrected chi connectivity index (χ4v) is 2.06. The Hall–Kier alpha value is -2.96. The van der Waals surface area contributed by atoms with E-state index in [1.807, 2.05) is 36.4 Å². The molecule has 1 heterocycles. The van der Waals surface area contributed by atoms with Gasteiger partial charge in [0.05, 0.1) is 30.3 Å². The summed E-state index contributed by atoms with van der Waals surface area (Å²) in [6, 6.07) is 13.7. The van der Waals surface area contributed by atoms with Crippen LogP contribution < -0.4 is 5.73 Å². The normalized spacial score (nSPS) is 10.7. The van der Waals surface area contributed by atoms with Crippen LogP contribution >= 0.6 is 12.2 Å². The van der Waals surface area contributed by atoms with Gasteiger partial charge < -0.3 is 5.73 Å². The summed E-state index contributed by atoms with van der Waals surface area (Å²) in [5.41, 5.74) is 8.16. The Bertz CT molecular complexity index is 790. The van der Waals surface area contributed by atoms with Crippen molar-refractivity contribution in [3.63, 3.8) is 0 Å². The van der Waals surface area contributed by atoms with Crippen LogP contribution in [0.4, 0.5) is 0 Å². The summed E-state index contributed by atoms with van der Waals surface area (Å²) in [4.78, 5) is 0.0475. The highest BCUT2D eigenvalue weighted by atomic mass is 32.1. The van der Waals surface area contributed by atoms with Gasteiger partial charge in [0.1, 0.15) is 11.1 Å². The van der Waals surface area contributed by atoms with Crippen LogP contribution in [0.3, 0.4) is 0 Å². The minimum absolute atomic E-state index is 0.0475. The minimum atomic E-state index is 0.0475. The molecule has 5 nitrogen and oxygen atoms in total. The molecule has 0 saturated heterocycles. The highest BCUT2D eigenvalue weighted by molar-refractivity contribution is 7.80. The Kier molecular flexibility index (Phi) is 5.02. The van der Waals surface area contributed by atoms with E-state index in [9.17, 15) is 0 Å². The molecular weight excluding hydrogens is 294 g/mol. The summed E-state index contributed by atoms with van der Waals surface area (Å²) in [7, 11) is 0. The van der Waals surface area contributed by atoms with Gasteiger partial charge in [0, 0.05) is 17.3 Å². The molecule has 0 aliphatic heterocycles. The van der Waals surface area contributed by atoms with Crippen LogP contribution in [-0.2, 0) is 6.54 Å². The number of hydrogen-bond acceptors (Lipinski definition) is 4. The van der Waals surface area contributed by atoms with Crippen molar-refractivity contribution >= 4 is 23.3 Å². The quantitative estimate of drug-likeness (QED) is 0.521. The van der Waals surface area contributed by atoms with Crippen LogP contribution in [0.15, 0.2) is 42.1 Å². The molecule has 0 saturated carbocycles. The molecule has 0 fully saturated rings. The average Bonchev–Trinajstić information content (AvgIpc) is 2.94. The van der Waals surface area contributed by atoms with Gasteiger partial charge in [-0.05, 0) is 6.08 Å². The van der Waals surface area contributed by atoms with Gasteiger partial charge in [-0.1, -0.05) is 42.5 Å². The Morgan fingerprint density at radius 2 is 2.05 bits per heavy atom. The number of nitrogens with two attached hydrogens (primary N) is 1. The third-order valence-electron chi connectivity index (χ3n) is 2.98. The second-order valence-corrected chi connectivity index (χ2v) is 4.94. The number of rotatable bonds is 5. The molecule has 1 aromatic carbocycles. The zero-order valence-electron chi connectivity index (χ0n) is 11.7. The molecule has 0 atom stereocenters. The molecule has 1 aromatic heterocycles. The second kappa shape index (κ2) is 7.16. The third kappa shape index (κ3) is 3.57. The maximum Gasteiger partial charge on any atom is 0.114 e. The van der Waals surface area contributed by atoms with Gasteiger partial charge in [-0.2, -0.15) is 15.6 Å². The summed E-state index contributed by atoms with van der Waals surface area (Å²) in [6.07, 6.45) is 3.77. The zero-order valence-corrected chi connectivity index (χ0v) is 12.5. The molecule has 2 N–H and O–H groups in total. The van der Waals surface area contributed by atoms with Crippen molar-refractivity contribution in [2.24, 2.45) is 5.73 Å². The van der Waals surface area contributed by atoms with E-state index >= 15 is 0 Å². The lowest BCUT2D eigenvalue weighted by molar-refractivity contribution is 0.629. The van der Waals surface area contributed by atoms with Gasteiger partial charge in [-0.25, -0.2) is 0 Å². The molecule has 0 aliphatic rings. The van der Waals surface area contributed by atoms with E-state index in [2.05, 4.69) is 11.2 Å². The van der Waals surface area contributed by atoms with E-state index in [1.54, 1.807) is 17.0 Å². The number of aromatic nitrogens is 2. The second-order valence-electron chi connectivity index (χ2n) is 4.50. The summed E-state index contributed by atoms with van der Waals surface area (Å²) in [6.45, 7) is 0.485. The smallest absolute Gasteiger partial charge is 0.114 e. The molecule has 2 rings (SSSR count). The van der Waals surface area contributed by atoms with Gasteiger partial charge in [0.2, 0.25) is 0 Å². The number of hydrogen-bond donors (Lipinski definition) is 1. The fourth-order valence-electron chi connectivity index (χ4n) is 1.96. The van der Waals surface area contributed by atoms with E-state index < -0.39 is 0 Å². The topological polar surface area (TPSA) is 91.4 Å². The Morgan fingerprint density at radius 1 is 1.32 bits per heavy atom. The SMILES string of the molecule is N#CCCn1cc(/C=C(/C#N)C(N)=S)c(-c2ccccc2)n1. The lowest BCUT2D eigenvalue weighted by atomic mass is 10.1. The van der Waals surface area contributed by atoms with Crippen molar-refractivity contribution in [1.82, 2.24) is 9.78 Å². The van der Waals surface area contributed by atoms with Crippen LogP contribution in [0.25, 0.3) is 17.3 Å². The zero-order chi connectivity index (χ0) is 15.9. The summed E-state index contributed by atoms with van der Waals surface area (Å²) < 4.78 is 1.69. The van der Waals surface area contributed by atoms with Crippen LogP contribution in [0.1, 0.15) is 12.0 Å². The first-order valence-corrected chi connectivity index (χ1v) is 6.98. The predicted molar refractivity (Wildman–Crippen MR) is 88.3 cm³/mol. The van der Waals surface area contributed by atoms with Crippen molar-refractivity contribution < 1.29 is 0 Å². The van der Waals surface area contributed by atoms with Crippen LogP contribution in [0, 0.1) is 22.7 Å². The van der Waals surface area contributed by atoms with Crippen molar-refractivity contribution in [2.75, 3.05) is 0 Å². The van der Waals surface area contributed by atoms with E-state index in [4.69, 9.17) is 28.5 Å². The molecule has 0 radical (unpaired) electrons. The highest BCUT2D eigenvalue weighted by Gasteiger charge is 2.11. The number of aryl methyl sites for hydroxylation is 1. The first kappa shape index (κ1) is 15.4. The molecule has 0 bridgehead atoms. The molecule has 108 valence electrons. The maximum absolute atomic E-state index is 9.11. The monoisotopic (exact) mass is 307 g/mol. The van der Waals surface area contributed by atoms with Gasteiger partial charge in [0.15, 0.2) is 0 Å². The molecule has 0 aliphatic carbocycles. The van der Waals surface area contributed by atoms with E-state index in [-0.39, 0.29) is 10.6 Å². The standard InChI is InChI=1S/C16H13N5S/c17-7-4-8-21-11-14(9-13(10-18)16(19)22)15(20-21)12-5-2-1-3-6-12/h1-3,5-6,9,11H,4,8H2,(H2,19,22)/b13-9-. The molecule has 2 aromatic rings. The van der Waals surface area contributed by atoms with Crippen molar-refractivity contribution in [3.05, 3.63) is 47.7 Å². The number of nitrogens with zero attached hydrogens (tertiary/aromatic N) is 4. The molecule has 6 heteroatoms. The third-order valence-corrected chi connectivity index (χ3v) is 3.20. The molecule has 0 amide bonds. The molecule has 0 unspecified atom stereocenters. The molecule has 22 heavy (non-hydrogen) atoms. The Morgan fingerprint density at radius 3 is 2.64 bits per heavy atom. The van der Waals surface area contributed by atoms with Gasteiger partial charge >= 0.3 is 0 Å². The van der Waals surface area contributed by atoms with Crippen LogP contribution in [-0.4, -0.2) is 14.8 Å². The number of benzene rings is 1. The van der Waals surface area contributed by atoms with Gasteiger partial charge in [-0.15, -0.1) is 0 Å². The Balaban J connectivity index is 2.52. The first-order chi connectivity index (χ1) is 10.7. The average molecular weight is 307 g/mol. The lowest BCUT2D eigenvalue weighted by Gasteiger charge is -1.99. The minimum Gasteiger partial charge on any atom is -0.389 e.